The molecule has 0 spiro atoms. The summed E-state index contributed by atoms with van der Waals surface area (Å²) in [5.41, 5.74) is 0. The van der Waals surface area contributed by atoms with Crippen molar-refractivity contribution >= 4 is 0 Å². The zero-order valence-corrected chi connectivity index (χ0v) is 6.14. The van der Waals surface area contributed by atoms with Crippen molar-refractivity contribution in [3.8, 4) is 0 Å². The van der Waals surface area contributed by atoms with Crippen molar-refractivity contribution in [3.63, 3.8) is 0 Å². The van der Waals surface area contributed by atoms with E-state index in [0.29, 0.717) is 0 Å². The number of aromatic amines is 2. The second-order valence-electron chi connectivity index (χ2n) is 0.603. The summed E-state index contributed by atoms with van der Waals surface area (Å²) in [6, 6.07) is 0. The highest BCUT2D eigenvalue weighted by molar-refractivity contribution is 4.06. The van der Waals surface area contributed by atoms with E-state index in [1.165, 1.54) is 6.33 Å². The minimum Gasteiger partial charge on any atom is -1.00 e. The Labute approximate surface area is 63.5 Å². The van der Waals surface area contributed by atoms with Crippen LogP contribution in [0.15, 0.2) is 6.33 Å². The summed E-state index contributed by atoms with van der Waals surface area (Å²) in [4.78, 5) is 0. The summed E-state index contributed by atoms with van der Waals surface area (Å²) in [5, 5.41) is 11.5. The van der Waals surface area contributed by atoms with Crippen LogP contribution in [0.4, 0.5) is 0 Å². The second kappa shape index (κ2) is 6.09. The first-order valence-corrected chi connectivity index (χ1v) is 1.22. The summed E-state index contributed by atoms with van der Waals surface area (Å²) < 4.78 is 0. The summed E-state index contributed by atoms with van der Waals surface area (Å²) in [5.74, 6) is 0. The van der Waals surface area contributed by atoms with Gasteiger partial charge in [-0.3, -0.25) is 0 Å². The van der Waals surface area contributed by atoms with Crippen LogP contribution in [0, 0.1) is 0 Å². The van der Waals surface area contributed by atoms with Crippen molar-refractivity contribution in [1.29, 1.82) is 0 Å². The molecule has 1 aromatic rings. The second-order valence-corrected chi connectivity index (χ2v) is 0.603. The third-order valence-corrected chi connectivity index (χ3v) is 0.295. The van der Waals surface area contributed by atoms with Gasteiger partial charge < -0.3 is 36.4 Å². The van der Waals surface area contributed by atoms with Crippen LogP contribution < -0.4 is 41.5 Å². The fourth-order valence-electron chi connectivity index (χ4n) is 0.144. The molecular weight excluding hydrogens is 230 g/mol. The molecule has 0 atom stereocenters. The number of aromatic nitrogens is 4. The Morgan fingerprint density at radius 3 is 2.43 bits per heavy atom. The lowest BCUT2D eigenvalue weighted by Crippen LogP contribution is -3.00. The molecule has 0 aliphatic carbocycles. The number of halogens is 2. The predicted octanol–water partition coefficient (Wildman–Crippen LogP) is -7.37. The van der Waals surface area contributed by atoms with Crippen LogP contribution >= 0.6 is 0 Å². The maximum atomic E-state index is 3.29. The lowest BCUT2D eigenvalue weighted by Gasteiger charge is -1.30. The predicted molar refractivity (Wildman–Crippen MR) is 12.9 cm³/mol. The van der Waals surface area contributed by atoms with E-state index in [4.69, 9.17) is 0 Å². The van der Waals surface area contributed by atoms with Crippen LogP contribution in [-0.2, 0) is 0 Å². The van der Waals surface area contributed by atoms with E-state index in [-0.39, 0.29) is 36.4 Å². The van der Waals surface area contributed by atoms with Crippen molar-refractivity contribution in [3.05, 3.63) is 6.33 Å². The molecule has 2 N–H and O–H groups in total. The van der Waals surface area contributed by atoms with Crippen LogP contribution in [0.1, 0.15) is 0 Å². The van der Waals surface area contributed by atoms with Gasteiger partial charge in [0.15, 0.2) is 5.21 Å². The third kappa shape index (κ3) is 3.93. The van der Waals surface area contributed by atoms with Crippen molar-refractivity contribution in [1.82, 2.24) is 15.5 Å². The summed E-state index contributed by atoms with van der Waals surface area (Å²) in [7, 11) is 0. The zero-order valence-electron chi connectivity index (χ0n) is 3.23. The molecule has 1 aromatic heterocycles. The Balaban J connectivity index is 0. The number of rotatable bonds is 0. The Kier molecular flexibility index (Phi) is 8.83. The first-order chi connectivity index (χ1) is 2.50. The minimum atomic E-state index is 0. The van der Waals surface area contributed by atoms with Gasteiger partial charge in [-0.1, -0.05) is 0 Å². The molecule has 0 saturated carbocycles. The summed E-state index contributed by atoms with van der Waals surface area (Å²) in [6.07, 6.45) is 1.53. The van der Waals surface area contributed by atoms with Gasteiger partial charge in [-0.2, -0.15) is 5.10 Å². The van der Waals surface area contributed by atoms with Gasteiger partial charge in [-0.25, -0.2) is 0 Å². The molecule has 0 amide bonds. The fourth-order valence-corrected chi connectivity index (χ4v) is 0.144. The van der Waals surface area contributed by atoms with Gasteiger partial charge in [0, 0.05) is 0 Å². The molecular formula is CH3ClIN4-. The first-order valence-electron chi connectivity index (χ1n) is 1.22. The van der Waals surface area contributed by atoms with Crippen molar-refractivity contribution in [2.75, 3.05) is 0 Å². The lowest BCUT2D eigenvalue weighted by molar-refractivity contribution is -0.456. The molecule has 0 aliphatic heterocycles. The molecule has 4 nitrogen and oxygen atoms in total. The zero-order chi connectivity index (χ0) is 3.54. The van der Waals surface area contributed by atoms with Gasteiger partial charge in [0.05, 0.1) is 0 Å². The van der Waals surface area contributed by atoms with Crippen LogP contribution in [0.2, 0.25) is 0 Å². The molecule has 0 radical (unpaired) electrons. The number of hydrogen-bond acceptors (Lipinski definition) is 2. The number of nitrogens with zero attached hydrogens (tertiary/aromatic N) is 2. The Morgan fingerprint density at radius 2 is 2.29 bits per heavy atom. The Hall–Kier alpha value is 0.0900. The molecule has 0 bridgehead atoms. The van der Waals surface area contributed by atoms with Gasteiger partial charge in [0.25, 0.3) is 0 Å². The summed E-state index contributed by atoms with van der Waals surface area (Å²) in [6.45, 7) is 0. The lowest BCUT2D eigenvalue weighted by atomic mass is 11.4. The molecule has 6 heteroatoms. The first kappa shape index (κ1) is 10.1. The number of nitrogens with one attached hydrogen (secondary N) is 2. The van der Waals surface area contributed by atoms with Crippen LogP contribution in [0.5, 0.6) is 0 Å². The van der Waals surface area contributed by atoms with Gasteiger partial charge >= 0.3 is 0 Å². The van der Waals surface area contributed by atoms with Crippen LogP contribution in [-0.4, -0.2) is 15.5 Å². The monoisotopic (exact) mass is 233 g/mol. The molecule has 7 heavy (non-hydrogen) atoms. The van der Waals surface area contributed by atoms with Crippen LogP contribution in [0.25, 0.3) is 0 Å². The van der Waals surface area contributed by atoms with E-state index >= 15 is 0 Å². The topological polar surface area (TPSA) is 55.7 Å². The van der Waals surface area contributed by atoms with Gasteiger partial charge in [-0.05, 0) is 0 Å². The van der Waals surface area contributed by atoms with E-state index in [9.17, 15) is 0 Å². The van der Waals surface area contributed by atoms with E-state index < -0.39 is 0 Å². The summed E-state index contributed by atoms with van der Waals surface area (Å²) >= 11 is 0. The van der Waals surface area contributed by atoms with E-state index in [1.807, 2.05) is 0 Å². The molecule has 1 heterocycles. The maximum absolute atomic E-state index is 3.29. The number of hydrogen-bond donors (Lipinski definition) is 1. The molecule has 0 saturated heterocycles. The van der Waals surface area contributed by atoms with Crippen molar-refractivity contribution < 1.29 is 41.5 Å². The maximum Gasteiger partial charge on any atom is 0.239 e. The fraction of sp³-hybridized carbons (Fsp3) is 0. The van der Waals surface area contributed by atoms with Crippen LogP contribution in [0.3, 0.4) is 0 Å². The van der Waals surface area contributed by atoms with Crippen molar-refractivity contribution in [2.45, 2.75) is 0 Å². The Morgan fingerprint density at radius 1 is 1.57 bits per heavy atom. The normalized spacial score (nSPS) is 5.71. The van der Waals surface area contributed by atoms with Gasteiger partial charge in [-0.15, -0.1) is 5.10 Å². The highest BCUT2D eigenvalue weighted by Gasteiger charge is 1.69. The average Bonchev–Trinajstić information content (AvgIpc) is 1.76. The SMILES string of the molecule is [Cl-].[I-].c1[nH]nn[nH+]1. The van der Waals surface area contributed by atoms with E-state index in [1.54, 1.807) is 0 Å². The van der Waals surface area contributed by atoms with Gasteiger partial charge in [0.1, 0.15) is 5.21 Å². The van der Waals surface area contributed by atoms with E-state index in [2.05, 4.69) is 20.6 Å². The highest BCUT2D eigenvalue weighted by atomic mass is 127. The third-order valence-electron chi connectivity index (χ3n) is 0.295. The standard InChI is InChI=1S/CH2N4.ClH.HI/c1-2-4-5-3-1;;/h1H,(H,2,3,4,5);2*1H/p-1. The average molecular weight is 233 g/mol. The number of H-pyrrole nitrogens is 2. The molecule has 0 unspecified atom stereocenters. The van der Waals surface area contributed by atoms with Crippen molar-refractivity contribution in [2.24, 2.45) is 0 Å². The quantitative estimate of drug-likeness (QED) is 0.453. The molecule has 42 valence electrons. The molecule has 0 fully saturated rings. The molecule has 0 aromatic carbocycles. The van der Waals surface area contributed by atoms with Gasteiger partial charge in [0.2, 0.25) is 6.33 Å². The highest BCUT2D eigenvalue weighted by Crippen LogP contribution is 1.32. The van der Waals surface area contributed by atoms with E-state index in [0.717, 1.165) is 0 Å². The Bertz CT molecular complexity index is 68.2. The number of tetrazole rings is 1. The molecule has 1 rings (SSSR count). The largest absolute Gasteiger partial charge is 1.00 e. The molecule has 0 aliphatic rings. The minimum absolute atomic E-state index is 0. The smallest absolute Gasteiger partial charge is 0.239 e.